The first-order chi connectivity index (χ1) is 5.53. The van der Waals surface area contributed by atoms with E-state index in [0.717, 1.165) is 23.7 Å². The zero-order chi connectivity index (χ0) is 8.93. The molecule has 70 valence electrons. The molecule has 2 aliphatic carbocycles. The highest BCUT2D eigenvalue weighted by atomic mass is 14.8. The van der Waals surface area contributed by atoms with Gasteiger partial charge in [-0.05, 0) is 49.9 Å². The van der Waals surface area contributed by atoms with Gasteiger partial charge in [0.2, 0.25) is 0 Å². The van der Waals surface area contributed by atoms with E-state index in [2.05, 4.69) is 20.8 Å². The molecule has 0 saturated heterocycles. The minimum absolute atomic E-state index is 0.150. The van der Waals surface area contributed by atoms with Crippen LogP contribution in [0.25, 0.3) is 0 Å². The van der Waals surface area contributed by atoms with Gasteiger partial charge in [-0.2, -0.15) is 0 Å². The molecule has 0 radical (unpaired) electrons. The Morgan fingerprint density at radius 1 is 1.33 bits per heavy atom. The summed E-state index contributed by atoms with van der Waals surface area (Å²) in [6.07, 6.45) is 4.25. The summed E-state index contributed by atoms with van der Waals surface area (Å²) in [5.74, 6) is 3.34. The maximum Gasteiger partial charge on any atom is 0.0188 e. The predicted molar refractivity (Wildman–Crippen MR) is 51.8 cm³/mol. The van der Waals surface area contributed by atoms with Crippen LogP contribution in [0.2, 0.25) is 0 Å². The van der Waals surface area contributed by atoms with E-state index in [0.29, 0.717) is 0 Å². The molecule has 2 saturated carbocycles. The summed E-state index contributed by atoms with van der Waals surface area (Å²) in [6, 6.07) is 0. The Morgan fingerprint density at radius 2 is 2.00 bits per heavy atom. The van der Waals surface area contributed by atoms with Gasteiger partial charge in [0, 0.05) is 5.54 Å². The number of rotatable bonds is 1. The molecular formula is C11H21N. The average Bonchev–Trinajstić information content (AvgIpc) is 2.41. The molecule has 1 heteroatoms. The van der Waals surface area contributed by atoms with Gasteiger partial charge in [-0.15, -0.1) is 0 Å². The van der Waals surface area contributed by atoms with Crippen molar-refractivity contribution in [1.82, 2.24) is 0 Å². The van der Waals surface area contributed by atoms with E-state index < -0.39 is 0 Å². The second-order valence-corrected chi connectivity index (χ2v) is 5.41. The molecule has 2 N–H and O–H groups in total. The lowest BCUT2D eigenvalue weighted by molar-refractivity contribution is 0.145. The molecule has 0 heterocycles. The molecule has 2 aliphatic rings. The highest BCUT2D eigenvalue weighted by Crippen LogP contribution is 2.55. The Kier molecular flexibility index (Phi) is 1.76. The van der Waals surface area contributed by atoms with E-state index in [1.807, 2.05) is 0 Å². The Balaban J connectivity index is 2.23. The van der Waals surface area contributed by atoms with Crippen molar-refractivity contribution < 1.29 is 0 Å². The highest BCUT2D eigenvalue weighted by molar-refractivity contribution is 5.08. The molecule has 0 aromatic carbocycles. The van der Waals surface area contributed by atoms with Crippen LogP contribution in [0.3, 0.4) is 0 Å². The van der Waals surface area contributed by atoms with Gasteiger partial charge >= 0.3 is 0 Å². The molecular weight excluding hydrogens is 146 g/mol. The fourth-order valence-corrected chi connectivity index (χ4v) is 3.95. The molecule has 0 aliphatic heterocycles. The van der Waals surface area contributed by atoms with E-state index >= 15 is 0 Å². The fraction of sp³-hybridized carbons (Fsp3) is 1.00. The second kappa shape index (κ2) is 2.47. The van der Waals surface area contributed by atoms with Gasteiger partial charge in [-0.1, -0.05) is 13.8 Å². The summed E-state index contributed by atoms with van der Waals surface area (Å²) in [4.78, 5) is 0. The Labute approximate surface area is 75.7 Å². The lowest BCUT2D eigenvalue weighted by Crippen LogP contribution is -2.50. The van der Waals surface area contributed by atoms with Crippen LogP contribution < -0.4 is 5.73 Å². The summed E-state index contributed by atoms with van der Waals surface area (Å²) < 4.78 is 0. The summed E-state index contributed by atoms with van der Waals surface area (Å²) in [5.41, 5.74) is 6.56. The molecule has 4 atom stereocenters. The van der Waals surface area contributed by atoms with Crippen LogP contribution in [0.5, 0.6) is 0 Å². The molecule has 2 rings (SSSR count). The fourth-order valence-electron chi connectivity index (χ4n) is 3.95. The van der Waals surface area contributed by atoms with Gasteiger partial charge in [-0.25, -0.2) is 0 Å². The quantitative estimate of drug-likeness (QED) is 0.637. The maximum absolute atomic E-state index is 6.41. The minimum Gasteiger partial charge on any atom is -0.325 e. The summed E-state index contributed by atoms with van der Waals surface area (Å²) in [5, 5.41) is 0. The van der Waals surface area contributed by atoms with Crippen molar-refractivity contribution in [3.05, 3.63) is 0 Å². The third kappa shape index (κ3) is 0.953. The number of nitrogens with two attached hydrogens (primary N) is 1. The van der Waals surface area contributed by atoms with Crippen LogP contribution in [0, 0.1) is 23.7 Å². The molecule has 2 bridgehead atoms. The van der Waals surface area contributed by atoms with E-state index in [1.165, 1.54) is 19.3 Å². The monoisotopic (exact) mass is 167 g/mol. The average molecular weight is 167 g/mol. The minimum atomic E-state index is 0.150. The normalized spacial score (nSPS) is 52.2. The van der Waals surface area contributed by atoms with Crippen LogP contribution in [-0.2, 0) is 0 Å². The zero-order valence-corrected chi connectivity index (χ0v) is 8.51. The molecule has 1 unspecified atom stereocenters. The van der Waals surface area contributed by atoms with Crippen LogP contribution >= 0.6 is 0 Å². The topological polar surface area (TPSA) is 26.0 Å². The number of fused-ring (bicyclic) bond motifs is 2. The lowest BCUT2D eigenvalue weighted by Gasteiger charge is -2.40. The van der Waals surface area contributed by atoms with E-state index in [1.54, 1.807) is 0 Å². The SMILES string of the molecule is CC(C)C1[C@@H]2CC[C@@H](C2)[C@]1(C)N. The summed E-state index contributed by atoms with van der Waals surface area (Å²) in [6.45, 7) is 6.94. The Bertz CT molecular complexity index is 183. The summed E-state index contributed by atoms with van der Waals surface area (Å²) in [7, 11) is 0. The van der Waals surface area contributed by atoms with Crippen LogP contribution in [0.15, 0.2) is 0 Å². The third-order valence-electron chi connectivity index (χ3n) is 4.30. The van der Waals surface area contributed by atoms with Crippen molar-refractivity contribution in [2.24, 2.45) is 29.4 Å². The first-order valence-corrected chi connectivity index (χ1v) is 5.32. The first-order valence-electron chi connectivity index (χ1n) is 5.32. The van der Waals surface area contributed by atoms with Gasteiger partial charge in [0.05, 0.1) is 0 Å². The molecule has 0 amide bonds. The second-order valence-electron chi connectivity index (χ2n) is 5.41. The largest absolute Gasteiger partial charge is 0.325 e. The Morgan fingerprint density at radius 3 is 2.33 bits per heavy atom. The molecule has 0 aromatic heterocycles. The van der Waals surface area contributed by atoms with Gasteiger partial charge in [0.1, 0.15) is 0 Å². The van der Waals surface area contributed by atoms with Crippen molar-refractivity contribution in [1.29, 1.82) is 0 Å². The van der Waals surface area contributed by atoms with Crippen LogP contribution in [0.1, 0.15) is 40.0 Å². The van der Waals surface area contributed by atoms with Gasteiger partial charge in [0.15, 0.2) is 0 Å². The van der Waals surface area contributed by atoms with Crippen molar-refractivity contribution in [3.8, 4) is 0 Å². The zero-order valence-electron chi connectivity index (χ0n) is 8.51. The van der Waals surface area contributed by atoms with Gasteiger partial charge in [-0.3, -0.25) is 0 Å². The maximum atomic E-state index is 6.41. The number of hydrogen-bond acceptors (Lipinski definition) is 1. The summed E-state index contributed by atoms with van der Waals surface area (Å²) >= 11 is 0. The van der Waals surface area contributed by atoms with Gasteiger partial charge in [0.25, 0.3) is 0 Å². The lowest BCUT2D eigenvalue weighted by atomic mass is 9.70. The highest BCUT2D eigenvalue weighted by Gasteiger charge is 2.53. The van der Waals surface area contributed by atoms with Gasteiger partial charge < -0.3 is 5.73 Å². The number of hydrogen-bond donors (Lipinski definition) is 1. The standard InChI is InChI=1S/C11H21N/c1-7(2)10-8-4-5-9(6-8)11(10,3)12/h7-10H,4-6,12H2,1-3H3/t8-,9+,10?,11+/m1/s1. The molecule has 0 spiro atoms. The Hall–Kier alpha value is -0.0400. The van der Waals surface area contributed by atoms with E-state index in [9.17, 15) is 0 Å². The van der Waals surface area contributed by atoms with Crippen molar-refractivity contribution in [3.63, 3.8) is 0 Å². The van der Waals surface area contributed by atoms with E-state index in [4.69, 9.17) is 5.73 Å². The van der Waals surface area contributed by atoms with Crippen LogP contribution in [-0.4, -0.2) is 5.54 Å². The smallest absolute Gasteiger partial charge is 0.0188 e. The third-order valence-corrected chi connectivity index (χ3v) is 4.30. The molecule has 12 heavy (non-hydrogen) atoms. The van der Waals surface area contributed by atoms with Crippen molar-refractivity contribution >= 4 is 0 Å². The predicted octanol–water partition coefficient (Wildman–Crippen LogP) is 2.41. The van der Waals surface area contributed by atoms with Crippen molar-refractivity contribution in [2.75, 3.05) is 0 Å². The molecule has 1 nitrogen and oxygen atoms in total. The first kappa shape index (κ1) is 8.55. The molecule has 0 aromatic rings. The van der Waals surface area contributed by atoms with E-state index in [-0.39, 0.29) is 5.54 Å². The molecule has 2 fully saturated rings. The van der Waals surface area contributed by atoms with Crippen LogP contribution in [0.4, 0.5) is 0 Å². The van der Waals surface area contributed by atoms with Crippen molar-refractivity contribution in [2.45, 2.75) is 45.6 Å².